The molecule has 0 saturated heterocycles. The molecular formula is C9H7NO3S. The lowest BCUT2D eigenvalue weighted by molar-refractivity contribution is 0.0689. The van der Waals surface area contributed by atoms with Gasteiger partial charge in [-0.15, -0.1) is 12.6 Å². The quantitative estimate of drug-likeness (QED) is 0.635. The van der Waals surface area contributed by atoms with E-state index in [1.165, 1.54) is 12.1 Å². The third-order valence-corrected chi connectivity index (χ3v) is 2.16. The topological polar surface area (TPSA) is 81.3 Å². The van der Waals surface area contributed by atoms with Crippen LogP contribution >= 0.6 is 12.6 Å². The second kappa shape index (κ2) is 4.13. The lowest BCUT2D eigenvalue weighted by Gasteiger charge is -2.07. The van der Waals surface area contributed by atoms with Gasteiger partial charge in [-0.05, 0) is 12.1 Å². The first-order chi connectivity index (χ1) is 6.61. The molecule has 0 aliphatic carbocycles. The zero-order chi connectivity index (χ0) is 10.7. The molecule has 0 aliphatic heterocycles. The molecule has 0 radical (unpaired) electrons. The minimum absolute atomic E-state index is 0.104. The molecule has 4 nitrogen and oxygen atoms in total. The maximum absolute atomic E-state index is 10.8. The van der Waals surface area contributed by atoms with Crippen LogP contribution in [-0.4, -0.2) is 16.2 Å². The van der Waals surface area contributed by atoms with Gasteiger partial charge in [0.25, 0.3) is 0 Å². The van der Waals surface area contributed by atoms with Crippen molar-refractivity contribution >= 4 is 18.6 Å². The van der Waals surface area contributed by atoms with Crippen molar-refractivity contribution in [1.82, 2.24) is 0 Å². The van der Waals surface area contributed by atoms with Crippen LogP contribution in [0.3, 0.4) is 0 Å². The van der Waals surface area contributed by atoms with Crippen LogP contribution in [0, 0.1) is 11.3 Å². The molecule has 1 aromatic carbocycles. The van der Waals surface area contributed by atoms with Crippen molar-refractivity contribution in [3.63, 3.8) is 0 Å². The molecule has 0 spiro atoms. The Labute approximate surface area is 85.8 Å². The number of aliphatic hydroxyl groups excluding tert-OH is 1. The van der Waals surface area contributed by atoms with Crippen LogP contribution in [-0.2, 0) is 6.61 Å². The van der Waals surface area contributed by atoms with Gasteiger partial charge >= 0.3 is 5.97 Å². The summed E-state index contributed by atoms with van der Waals surface area (Å²) in [6.45, 7) is -0.487. The summed E-state index contributed by atoms with van der Waals surface area (Å²) in [6.07, 6.45) is 0. The number of aromatic carboxylic acids is 1. The summed E-state index contributed by atoms with van der Waals surface area (Å²) in [5.74, 6) is -1.20. The van der Waals surface area contributed by atoms with Gasteiger partial charge in [0.05, 0.1) is 23.8 Å². The molecule has 14 heavy (non-hydrogen) atoms. The standard InChI is InChI=1S/C9H7NO3S/c10-3-5-1-2-7(14)8(9(12)13)6(5)4-11/h1-2,11,14H,4H2,(H,12,13). The minimum Gasteiger partial charge on any atom is -0.478 e. The average Bonchev–Trinajstić information content (AvgIpc) is 2.16. The molecule has 0 aliphatic rings. The van der Waals surface area contributed by atoms with Crippen molar-refractivity contribution in [2.45, 2.75) is 11.5 Å². The molecule has 0 saturated carbocycles. The fraction of sp³-hybridized carbons (Fsp3) is 0.111. The van der Waals surface area contributed by atoms with Crippen LogP contribution in [0.1, 0.15) is 21.5 Å². The molecular weight excluding hydrogens is 202 g/mol. The van der Waals surface area contributed by atoms with Crippen molar-refractivity contribution in [1.29, 1.82) is 5.26 Å². The Kier molecular flexibility index (Phi) is 3.12. The summed E-state index contributed by atoms with van der Waals surface area (Å²) in [6, 6.07) is 4.66. The Hall–Kier alpha value is -1.51. The van der Waals surface area contributed by atoms with Crippen LogP contribution < -0.4 is 0 Å². The van der Waals surface area contributed by atoms with Crippen molar-refractivity contribution in [2.75, 3.05) is 0 Å². The normalized spacial score (nSPS) is 9.50. The van der Waals surface area contributed by atoms with E-state index in [0.717, 1.165) is 0 Å². The highest BCUT2D eigenvalue weighted by Crippen LogP contribution is 2.22. The molecule has 0 aromatic heterocycles. The largest absolute Gasteiger partial charge is 0.478 e. The second-order valence-electron chi connectivity index (χ2n) is 2.56. The summed E-state index contributed by atoms with van der Waals surface area (Å²) in [5.41, 5.74) is 0.144. The van der Waals surface area contributed by atoms with Crippen molar-refractivity contribution in [2.24, 2.45) is 0 Å². The zero-order valence-electron chi connectivity index (χ0n) is 7.06. The SMILES string of the molecule is N#Cc1ccc(S)c(C(=O)O)c1CO. The van der Waals surface area contributed by atoms with Crippen LogP contribution in [0.4, 0.5) is 0 Å². The Morgan fingerprint density at radius 2 is 2.21 bits per heavy atom. The third kappa shape index (κ3) is 1.71. The minimum atomic E-state index is -1.20. The number of nitriles is 1. The van der Waals surface area contributed by atoms with Gasteiger partial charge in [-0.2, -0.15) is 5.26 Å². The molecule has 0 fully saturated rings. The monoisotopic (exact) mass is 209 g/mol. The molecule has 0 unspecified atom stereocenters. The first-order valence-corrected chi connectivity index (χ1v) is 4.15. The highest BCUT2D eigenvalue weighted by Gasteiger charge is 2.16. The number of hydrogen-bond donors (Lipinski definition) is 3. The number of rotatable bonds is 2. The molecule has 0 heterocycles. The van der Waals surface area contributed by atoms with E-state index in [4.69, 9.17) is 15.5 Å². The predicted molar refractivity (Wildman–Crippen MR) is 51.3 cm³/mol. The van der Waals surface area contributed by atoms with Crippen LogP contribution in [0.25, 0.3) is 0 Å². The predicted octanol–water partition coefficient (Wildman–Crippen LogP) is 1.04. The van der Waals surface area contributed by atoms with Crippen molar-refractivity contribution in [3.8, 4) is 6.07 Å². The molecule has 1 aromatic rings. The number of carboxylic acids is 1. The molecule has 2 N–H and O–H groups in total. The van der Waals surface area contributed by atoms with E-state index in [9.17, 15) is 4.79 Å². The average molecular weight is 209 g/mol. The molecule has 0 amide bonds. The Bertz CT molecular complexity index is 423. The van der Waals surface area contributed by atoms with Gasteiger partial charge < -0.3 is 10.2 Å². The van der Waals surface area contributed by atoms with E-state index >= 15 is 0 Å². The number of nitrogens with zero attached hydrogens (tertiary/aromatic N) is 1. The van der Waals surface area contributed by atoms with Gasteiger partial charge in [0, 0.05) is 10.5 Å². The number of carbonyl (C=O) groups is 1. The number of carboxylic acid groups (broad SMARTS) is 1. The van der Waals surface area contributed by atoms with Gasteiger partial charge in [0.1, 0.15) is 0 Å². The van der Waals surface area contributed by atoms with E-state index in [0.29, 0.717) is 0 Å². The van der Waals surface area contributed by atoms with Crippen LogP contribution in [0.5, 0.6) is 0 Å². The Morgan fingerprint density at radius 3 is 2.64 bits per heavy atom. The molecule has 72 valence electrons. The second-order valence-corrected chi connectivity index (χ2v) is 3.04. The van der Waals surface area contributed by atoms with E-state index in [1.807, 2.05) is 6.07 Å². The lowest BCUT2D eigenvalue weighted by Crippen LogP contribution is -2.06. The number of hydrogen-bond acceptors (Lipinski definition) is 4. The van der Waals surface area contributed by atoms with Crippen molar-refractivity contribution < 1.29 is 15.0 Å². The lowest BCUT2D eigenvalue weighted by atomic mass is 10.0. The molecule has 0 atom stereocenters. The molecule has 5 heteroatoms. The summed E-state index contributed by atoms with van der Waals surface area (Å²) in [7, 11) is 0. The summed E-state index contributed by atoms with van der Waals surface area (Å²) < 4.78 is 0. The summed E-state index contributed by atoms with van der Waals surface area (Å²) in [5, 5.41) is 26.5. The van der Waals surface area contributed by atoms with Gasteiger partial charge in [-0.25, -0.2) is 4.79 Å². The van der Waals surface area contributed by atoms with E-state index in [2.05, 4.69) is 12.6 Å². The van der Waals surface area contributed by atoms with Gasteiger partial charge in [0.15, 0.2) is 0 Å². The van der Waals surface area contributed by atoms with E-state index < -0.39 is 12.6 Å². The summed E-state index contributed by atoms with van der Waals surface area (Å²) >= 11 is 3.95. The third-order valence-electron chi connectivity index (χ3n) is 1.78. The van der Waals surface area contributed by atoms with Crippen LogP contribution in [0.2, 0.25) is 0 Å². The Morgan fingerprint density at radius 1 is 1.57 bits per heavy atom. The number of aliphatic hydroxyl groups is 1. The maximum Gasteiger partial charge on any atom is 0.337 e. The van der Waals surface area contributed by atoms with E-state index in [-0.39, 0.29) is 21.6 Å². The highest BCUT2D eigenvalue weighted by atomic mass is 32.1. The summed E-state index contributed by atoms with van der Waals surface area (Å²) in [4.78, 5) is 11.0. The van der Waals surface area contributed by atoms with Gasteiger partial charge in [0.2, 0.25) is 0 Å². The van der Waals surface area contributed by atoms with E-state index in [1.54, 1.807) is 0 Å². The first kappa shape index (κ1) is 10.6. The van der Waals surface area contributed by atoms with Crippen LogP contribution in [0.15, 0.2) is 17.0 Å². The van der Waals surface area contributed by atoms with Gasteiger partial charge in [-0.3, -0.25) is 0 Å². The number of thiol groups is 1. The van der Waals surface area contributed by atoms with Crippen molar-refractivity contribution in [3.05, 3.63) is 28.8 Å². The van der Waals surface area contributed by atoms with Gasteiger partial charge in [-0.1, -0.05) is 0 Å². The fourth-order valence-corrected chi connectivity index (χ4v) is 1.45. The Balaban J connectivity index is 3.53. The zero-order valence-corrected chi connectivity index (χ0v) is 7.95. The highest BCUT2D eigenvalue weighted by molar-refractivity contribution is 7.80. The number of benzene rings is 1. The maximum atomic E-state index is 10.8. The molecule has 0 bridgehead atoms. The molecule has 1 rings (SSSR count). The smallest absolute Gasteiger partial charge is 0.337 e. The first-order valence-electron chi connectivity index (χ1n) is 3.71. The fourth-order valence-electron chi connectivity index (χ4n) is 1.14.